The highest BCUT2D eigenvalue weighted by Gasteiger charge is 2.16. The van der Waals surface area contributed by atoms with E-state index in [4.69, 9.17) is 9.84 Å². The van der Waals surface area contributed by atoms with Crippen molar-refractivity contribution in [2.45, 2.75) is 0 Å². The zero-order valence-electron chi connectivity index (χ0n) is 12.4. The predicted octanol–water partition coefficient (Wildman–Crippen LogP) is 3.77. The van der Waals surface area contributed by atoms with Crippen LogP contribution in [0.4, 0.5) is 0 Å². The van der Waals surface area contributed by atoms with Crippen LogP contribution in [0.15, 0.2) is 54.7 Å². The molecule has 0 spiro atoms. The predicted molar refractivity (Wildman–Crippen MR) is 87.8 cm³/mol. The van der Waals surface area contributed by atoms with E-state index in [1.807, 2.05) is 35.1 Å². The van der Waals surface area contributed by atoms with Gasteiger partial charge in [-0.1, -0.05) is 18.2 Å². The van der Waals surface area contributed by atoms with E-state index in [2.05, 4.69) is 11.2 Å². The Bertz CT molecular complexity index is 997. The highest BCUT2D eigenvalue weighted by atomic mass is 16.5. The number of nitrogens with zero attached hydrogens (tertiary/aromatic N) is 1. The molecule has 2 aliphatic rings. The van der Waals surface area contributed by atoms with Crippen molar-refractivity contribution in [3.8, 4) is 22.7 Å². The van der Waals surface area contributed by atoms with Crippen LogP contribution in [0.1, 0.15) is 10.4 Å². The Morgan fingerprint density at radius 2 is 1.96 bits per heavy atom. The third-order valence-corrected chi connectivity index (χ3v) is 4.02. The molecule has 0 fully saturated rings. The Balaban J connectivity index is 1.89. The lowest BCUT2D eigenvalue weighted by atomic mass is 10.2. The molecule has 2 N–H and O–H groups in total. The average Bonchev–Trinajstić information content (AvgIpc) is 3.12. The summed E-state index contributed by atoms with van der Waals surface area (Å²) in [6.07, 6.45) is 1.95. The van der Waals surface area contributed by atoms with Crippen LogP contribution in [-0.2, 0) is 0 Å². The first kappa shape index (κ1) is 13.5. The van der Waals surface area contributed by atoms with Crippen molar-refractivity contribution >= 4 is 16.7 Å². The van der Waals surface area contributed by atoms with E-state index in [-0.39, 0.29) is 5.56 Å². The molecule has 0 bridgehead atoms. The Labute approximate surface area is 132 Å². The van der Waals surface area contributed by atoms with Crippen molar-refractivity contribution in [1.29, 1.82) is 0 Å². The molecular weight excluding hydrogens is 292 g/mol. The maximum Gasteiger partial charge on any atom is 0.335 e. The number of carbonyl (C=O) groups is 1. The number of methoxy groups -OCH3 is 1. The number of carboxylic acid groups (broad SMARTS) is 1. The van der Waals surface area contributed by atoms with Crippen molar-refractivity contribution in [3.05, 3.63) is 60.3 Å². The van der Waals surface area contributed by atoms with E-state index in [1.165, 1.54) is 0 Å². The Morgan fingerprint density at radius 1 is 1.13 bits per heavy atom. The average molecular weight is 306 g/mol. The highest BCUT2D eigenvalue weighted by Crippen LogP contribution is 2.38. The maximum atomic E-state index is 11.1. The van der Waals surface area contributed by atoms with Crippen LogP contribution in [0.25, 0.3) is 27.7 Å². The fraction of sp³-hybridized carbons (Fsp3) is 0.0556. The smallest absolute Gasteiger partial charge is 0.335 e. The molecular formula is C18H14N2O3. The van der Waals surface area contributed by atoms with Gasteiger partial charge in [0, 0.05) is 22.5 Å². The molecule has 0 unspecified atom stereocenters. The van der Waals surface area contributed by atoms with Crippen LogP contribution in [0.5, 0.6) is 5.75 Å². The summed E-state index contributed by atoms with van der Waals surface area (Å²) in [6.45, 7) is 0. The molecule has 0 saturated carbocycles. The number of rotatable bonds is 3. The Kier molecular flexibility index (Phi) is 2.87. The lowest BCUT2D eigenvalue weighted by molar-refractivity contribution is 0.0697. The fourth-order valence-corrected chi connectivity index (χ4v) is 2.92. The number of fused-ring (bicyclic) bond motifs is 3. The number of aromatic amines is 1. The lowest BCUT2D eigenvalue weighted by Gasteiger charge is -2.04. The molecule has 5 heteroatoms. The van der Waals surface area contributed by atoms with Gasteiger partial charge in [0.15, 0.2) is 0 Å². The van der Waals surface area contributed by atoms with Crippen molar-refractivity contribution in [2.75, 3.05) is 7.11 Å². The van der Waals surface area contributed by atoms with Crippen molar-refractivity contribution in [2.24, 2.45) is 0 Å². The first-order chi connectivity index (χ1) is 11.2. The number of hydrogen-bond donors (Lipinski definition) is 2. The molecule has 1 heterocycles. The minimum absolute atomic E-state index is 0.260. The van der Waals surface area contributed by atoms with E-state index in [1.54, 1.807) is 25.3 Å². The van der Waals surface area contributed by atoms with E-state index in [9.17, 15) is 4.79 Å². The van der Waals surface area contributed by atoms with Gasteiger partial charge < -0.3 is 9.84 Å². The van der Waals surface area contributed by atoms with Gasteiger partial charge in [0.05, 0.1) is 24.1 Å². The number of carboxylic acids is 1. The number of hydrogen-bond acceptors (Lipinski definition) is 2. The third kappa shape index (κ3) is 2.05. The van der Waals surface area contributed by atoms with Crippen molar-refractivity contribution in [3.63, 3.8) is 0 Å². The summed E-state index contributed by atoms with van der Waals surface area (Å²) >= 11 is 0. The Morgan fingerprint density at radius 3 is 2.74 bits per heavy atom. The van der Waals surface area contributed by atoms with Crippen molar-refractivity contribution < 1.29 is 14.6 Å². The van der Waals surface area contributed by atoms with Crippen LogP contribution >= 0.6 is 0 Å². The number of benzene rings is 2. The van der Waals surface area contributed by atoms with E-state index in [0.29, 0.717) is 0 Å². The molecule has 0 saturated heterocycles. The van der Waals surface area contributed by atoms with Crippen LogP contribution in [-0.4, -0.2) is 28.0 Å². The van der Waals surface area contributed by atoms with Gasteiger partial charge in [0.1, 0.15) is 5.75 Å². The Hall–Kier alpha value is -3.21. The highest BCUT2D eigenvalue weighted by molar-refractivity contribution is 6.03. The van der Waals surface area contributed by atoms with Crippen LogP contribution in [0, 0.1) is 0 Å². The minimum Gasteiger partial charge on any atom is -0.496 e. The molecule has 0 radical (unpaired) electrons. The molecule has 0 atom stereocenters. The number of ether oxygens (including phenoxy) is 1. The molecule has 4 rings (SSSR count). The number of aromatic carboxylic acids is 1. The van der Waals surface area contributed by atoms with Gasteiger partial charge in [-0.2, -0.15) is 0 Å². The van der Waals surface area contributed by atoms with Gasteiger partial charge in [-0.15, -0.1) is 0 Å². The second-order valence-electron chi connectivity index (χ2n) is 5.36. The van der Waals surface area contributed by atoms with Gasteiger partial charge in [-0.25, -0.2) is 4.79 Å². The molecule has 0 amide bonds. The van der Waals surface area contributed by atoms with Crippen LogP contribution in [0.3, 0.4) is 0 Å². The van der Waals surface area contributed by atoms with Gasteiger partial charge in [0.2, 0.25) is 0 Å². The summed E-state index contributed by atoms with van der Waals surface area (Å²) in [7, 11) is 1.66. The zero-order valence-corrected chi connectivity index (χ0v) is 12.4. The molecule has 1 aliphatic carbocycles. The summed E-state index contributed by atoms with van der Waals surface area (Å²) in [6, 6.07) is 14.8. The SMILES string of the molecule is COc1cccc2c3[nH]n(-c4cccc(C(=O)O)c4)cc-3cc12. The van der Waals surface area contributed by atoms with Gasteiger partial charge in [0.25, 0.3) is 0 Å². The fourth-order valence-electron chi connectivity index (χ4n) is 2.92. The van der Waals surface area contributed by atoms with Crippen molar-refractivity contribution in [1.82, 2.24) is 9.78 Å². The van der Waals surface area contributed by atoms with E-state index >= 15 is 0 Å². The summed E-state index contributed by atoms with van der Waals surface area (Å²) in [5.41, 5.74) is 3.08. The normalized spacial score (nSPS) is 11.2. The molecule has 23 heavy (non-hydrogen) atoms. The summed E-state index contributed by atoms with van der Waals surface area (Å²) in [5, 5.41) is 14.6. The second-order valence-corrected chi connectivity index (χ2v) is 5.36. The van der Waals surface area contributed by atoms with Gasteiger partial charge >= 0.3 is 5.97 Å². The molecule has 0 aromatic heterocycles. The third-order valence-electron chi connectivity index (χ3n) is 4.02. The second kappa shape index (κ2) is 4.91. The topological polar surface area (TPSA) is 67.2 Å². The molecule has 1 aliphatic heterocycles. The summed E-state index contributed by atoms with van der Waals surface area (Å²) in [5.74, 6) is -0.0975. The number of H-pyrrole nitrogens is 1. The number of aromatic nitrogens is 2. The summed E-state index contributed by atoms with van der Waals surface area (Å²) in [4.78, 5) is 11.1. The van der Waals surface area contributed by atoms with E-state index < -0.39 is 5.97 Å². The van der Waals surface area contributed by atoms with Gasteiger partial charge in [-0.3, -0.25) is 9.78 Å². The largest absolute Gasteiger partial charge is 0.496 e. The van der Waals surface area contributed by atoms with Crippen LogP contribution in [0.2, 0.25) is 0 Å². The minimum atomic E-state index is -0.937. The van der Waals surface area contributed by atoms with Gasteiger partial charge in [-0.05, 0) is 30.3 Å². The molecule has 2 aromatic carbocycles. The van der Waals surface area contributed by atoms with E-state index in [0.717, 1.165) is 33.5 Å². The zero-order chi connectivity index (χ0) is 16.0. The first-order valence-electron chi connectivity index (χ1n) is 7.18. The standard InChI is InChI=1S/C18H14N2O3/c1-23-16-7-3-6-14-15(16)9-12-10-20(19-17(12)14)13-5-2-4-11(8-13)18(21)22/h2-10,19H,1H3,(H,21,22). The monoisotopic (exact) mass is 306 g/mol. The number of nitrogens with one attached hydrogen (secondary N) is 1. The molecule has 5 nitrogen and oxygen atoms in total. The lowest BCUT2D eigenvalue weighted by Crippen LogP contribution is -2.00. The van der Waals surface area contributed by atoms with Crippen LogP contribution < -0.4 is 4.74 Å². The maximum absolute atomic E-state index is 11.1. The summed E-state index contributed by atoms with van der Waals surface area (Å²) < 4.78 is 7.23. The molecule has 114 valence electrons. The molecule has 2 aromatic rings. The first-order valence-corrected chi connectivity index (χ1v) is 7.18. The quantitative estimate of drug-likeness (QED) is 0.605.